The zero-order chi connectivity index (χ0) is 15.2. The van der Waals surface area contributed by atoms with Gasteiger partial charge in [-0.05, 0) is 46.7 Å². The van der Waals surface area contributed by atoms with Crippen LogP contribution in [0.15, 0.2) is 9.64 Å². The maximum atomic E-state index is 11.9. The highest BCUT2D eigenvalue weighted by atomic mass is 32.2. The molecule has 0 aliphatic carbocycles. The summed E-state index contributed by atoms with van der Waals surface area (Å²) >= 11 is 1.31. The van der Waals surface area contributed by atoms with E-state index < -0.39 is 0 Å². The second kappa shape index (κ2) is 7.79. The first-order valence-electron chi connectivity index (χ1n) is 7.56. The molecule has 0 saturated carbocycles. The van der Waals surface area contributed by atoms with Crippen molar-refractivity contribution in [3.8, 4) is 0 Å². The van der Waals surface area contributed by atoms with Crippen molar-refractivity contribution in [1.82, 2.24) is 20.4 Å². The second-order valence-electron chi connectivity index (χ2n) is 5.72. The van der Waals surface area contributed by atoms with Gasteiger partial charge in [0.25, 0.3) is 5.22 Å². The molecule has 0 bridgehead atoms. The molecule has 0 spiro atoms. The average Bonchev–Trinajstić information content (AvgIpc) is 2.86. The molecule has 1 aliphatic rings. The Morgan fingerprint density at radius 3 is 2.67 bits per heavy atom. The fourth-order valence-corrected chi connectivity index (χ4v) is 2.97. The molecule has 7 heteroatoms. The Kier molecular flexibility index (Phi) is 6.05. The van der Waals surface area contributed by atoms with Crippen molar-refractivity contribution in [2.24, 2.45) is 0 Å². The van der Waals surface area contributed by atoms with E-state index in [0.717, 1.165) is 13.1 Å². The molecular formula is C14H24N4O2S. The lowest BCUT2D eigenvalue weighted by Gasteiger charge is -2.24. The molecule has 1 N–H and O–H groups in total. The van der Waals surface area contributed by atoms with E-state index in [1.54, 1.807) is 0 Å². The largest absolute Gasteiger partial charge is 0.415 e. The summed E-state index contributed by atoms with van der Waals surface area (Å²) in [6.07, 6.45) is 3.79. The van der Waals surface area contributed by atoms with E-state index in [0.29, 0.717) is 17.7 Å². The van der Waals surface area contributed by atoms with Gasteiger partial charge in [0.15, 0.2) is 0 Å². The normalized spacial score (nSPS) is 17.9. The van der Waals surface area contributed by atoms with Gasteiger partial charge in [-0.25, -0.2) is 0 Å². The van der Waals surface area contributed by atoms with Crippen LogP contribution in [0.4, 0.5) is 0 Å². The molecule has 0 radical (unpaired) electrons. The van der Waals surface area contributed by atoms with Gasteiger partial charge in [-0.1, -0.05) is 18.2 Å². The number of likely N-dealkylation sites (tertiary alicyclic amines) is 1. The Balaban J connectivity index is 1.83. The molecule has 1 saturated heterocycles. The van der Waals surface area contributed by atoms with Crippen LogP contribution < -0.4 is 5.32 Å². The van der Waals surface area contributed by atoms with Crippen molar-refractivity contribution in [3.63, 3.8) is 0 Å². The first kappa shape index (κ1) is 16.3. The number of amides is 1. The van der Waals surface area contributed by atoms with E-state index in [-0.39, 0.29) is 17.2 Å². The fraction of sp³-hybridized carbons (Fsp3) is 0.786. The molecule has 2 heterocycles. The van der Waals surface area contributed by atoms with E-state index in [2.05, 4.69) is 20.4 Å². The average molecular weight is 312 g/mol. The highest BCUT2D eigenvalue weighted by Gasteiger charge is 2.20. The number of thioether (sulfide) groups is 1. The van der Waals surface area contributed by atoms with Crippen LogP contribution in [-0.2, 0) is 11.3 Å². The van der Waals surface area contributed by atoms with Crippen molar-refractivity contribution >= 4 is 17.7 Å². The lowest BCUT2D eigenvalue weighted by Crippen LogP contribution is -2.35. The van der Waals surface area contributed by atoms with Gasteiger partial charge in [-0.15, -0.1) is 10.2 Å². The van der Waals surface area contributed by atoms with E-state index in [1.807, 2.05) is 20.8 Å². The number of piperidine rings is 1. The number of carbonyl (C=O) groups is 1. The molecular weight excluding hydrogens is 288 g/mol. The zero-order valence-corrected chi connectivity index (χ0v) is 13.8. The molecule has 6 nitrogen and oxygen atoms in total. The highest BCUT2D eigenvalue weighted by Crippen LogP contribution is 2.22. The third-order valence-corrected chi connectivity index (χ3v) is 4.27. The Hall–Kier alpha value is -1.08. The van der Waals surface area contributed by atoms with E-state index in [4.69, 9.17) is 4.42 Å². The van der Waals surface area contributed by atoms with Crippen molar-refractivity contribution in [1.29, 1.82) is 0 Å². The van der Waals surface area contributed by atoms with Crippen molar-refractivity contribution in [2.45, 2.75) is 63.1 Å². The summed E-state index contributed by atoms with van der Waals surface area (Å²) in [5.41, 5.74) is 0. The van der Waals surface area contributed by atoms with E-state index in [1.165, 1.54) is 31.0 Å². The number of rotatable bonds is 6. The Morgan fingerprint density at radius 1 is 1.29 bits per heavy atom. The maximum absolute atomic E-state index is 11.9. The van der Waals surface area contributed by atoms with Crippen LogP contribution >= 0.6 is 11.8 Å². The first-order valence-corrected chi connectivity index (χ1v) is 8.44. The number of carbonyl (C=O) groups excluding carboxylic acids is 1. The third kappa shape index (κ3) is 5.32. The summed E-state index contributed by atoms with van der Waals surface area (Å²) in [6.45, 7) is 8.63. The summed E-state index contributed by atoms with van der Waals surface area (Å²) in [4.78, 5) is 14.2. The molecule has 1 fully saturated rings. The second-order valence-corrected chi connectivity index (χ2v) is 7.01. The lowest BCUT2D eigenvalue weighted by molar-refractivity contribution is -0.120. The summed E-state index contributed by atoms with van der Waals surface area (Å²) in [6, 6.07) is 0.137. The number of nitrogens with one attached hydrogen (secondary N) is 1. The van der Waals surface area contributed by atoms with Gasteiger partial charge in [0, 0.05) is 6.04 Å². The van der Waals surface area contributed by atoms with Crippen molar-refractivity contribution in [3.05, 3.63) is 5.89 Å². The lowest BCUT2D eigenvalue weighted by atomic mass is 10.1. The predicted octanol–water partition coefficient (Wildman–Crippen LogP) is 2.06. The Morgan fingerprint density at radius 2 is 2.00 bits per heavy atom. The molecule has 2 rings (SSSR count). The molecule has 1 aromatic rings. The van der Waals surface area contributed by atoms with Crippen LogP contribution in [0.3, 0.4) is 0 Å². The SMILES string of the molecule is CC(C)NC(=O)[C@H](C)Sc1nnc(CN2CCCCC2)o1. The molecule has 21 heavy (non-hydrogen) atoms. The van der Waals surface area contributed by atoms with Gasteiger partial charge in [-0.3, -0.25) is 9.69 Å². The highest BCUT2D eigenvalue weighted by molar-refractivity contribution is 8.00. The van der Waals surface area contributed by atoms with Crippen LogP contribution in [0.1, 0.15) is 45.9 Å². The van der Waals surface area contributed by atoms with Crippen LogP contribution in [0.2, 0.25) is 0 Å². The van der Waals surface area contributed by atoms with Crippen molar-refractivity contribution in [2.75, 3.05) is 13.1 Å². The minimum absolute atomic E-state index is 0.00854. The summed E-state index contributed by atoms with van der Waals surface area (Å²) in [5, 5.41) is 11.2. The Labute approximate surface area is 130 Å². The van der Waals surface area contributed by atoms with Gasteiger partial charge in [0.1, 0.15) is 0 Å². The van der Waals surface area contributed by atoms with Crippen LogP contribution in [0.5, 0.6) is 0 Å². The number of nitrogens with zero attached hydrogens (tertiary/aromatic N) is 3. The summed E-state index contributed by atoms with van der Waals surface area (Å²) in [7, 11) is 0. The molecule has 118 valence electrons. The standard InChI is InChI=1S/C14H24N4O2S/c1-10(2)15-13(19)11(3)21-14-17-16-12(20-14)9-18-7-5-4-6-8-18/h10-11H,4-9H2,1-3H3,(H,15,19)/t11-/m0/s1. The van der Waals surface area contributed by atoms with Crippen LogP contribution in [0.25, 0.3) is 0 Å². The zero-order valence-electron chi connectivity index (χ0n) is 13.0. The van der Waals surface area contributed by atoms with Crippen molar-refractivity contribution < 1.29 is 9.21 Å². The maximum Gasteiger partial charge on any atom is 0.277 e. The van der Waals surface area contributed by atoms with Crippen LogP contribution in [-0.4, -0.2) is 45.4 Å². The number of aromatic nitrogens is 2. The molecule has 1 aromatic heterocycles. The van der Waals surface area contributed by atoms with Gasteiger partial charge in [0.05, 0.1) is 11.8 Å². The summed E-state index contributed by atoms with van der Waals surface area (Å²) in [5.74, 6) is 0.627. The topological polar surface area (TPSA) is 71.3 Å². The quantitative estimate of drug-likeness (QED) is 0.811. The first-order chi connectivity index (χ1) is 10.0. The van der Waals surface area contributed by atoms with E-state index in [9.17, 15) is 4.79 Å². The minimum Gasteiger partial charge on any atom is -0.415 e. The van der Waals surface area contributed by atoms with Gasteiger partial charge in [-0.2, -0.15) is 0 Å². The van der Waals surface area contributed by atoms with E-state index >= 15 is 0 Å². The number of hydrogen-bond acceptors (Lipinski definition) is 6. The number of hydrogen-bond donors (Lipinski definition) is 1. The smallest absolute Gasteiger partial charge is 0.277 e. The molecule has 0 unspecified atom stereocenters. The molecule has 1 aliphatic heterocycles. The minimum atomic E-state index is -0.240. The van der Waals surface area contributed by atoms with Gasteiger partial charge >= 0.3 is 0 Å². The molecule has 1 atom stereocenters. The summed E-state index contributed by atoms with van der Waals surface area (Å²) < 4.78 is 5.63. The third-order valence-electron chi connectivity index (χ3n) is 3.33. The van der Waals surface area contributed by atoms with Crippen LogP contribution in [0, 0.1) is 0 Å². The van der Waals surface area contributed by atoms with Gasteiger partial charge < -0.3 is 9.73 Å². The fourth-order valence-electron chi connectivity index (χ4n) is 2.27. The Bertz CT molecular complexity index is 458. The van der Waals surface area contributed by atoms with Gasteiger partial charge in [0.2, 0.25) is 11.8 Å². The molecule has 0 aromatic carbocycles. The predicted molar refractivity (Wildman–Crippen MR) is 82.0 cm³/mol. The monoisotopic (exact) mass is 312 g/mol. The molecule has 1 amide bonds.